The van der Waals surface area contributed by atoms with Crippen LogP contribution in [0.25, 0.3) is 0 Å². The number of nitrogens with zero attached hydrogens (tertiary/aromatic N) is 4. The fourth-order valence-electron chi connectivity index (χ4n) is 0.549. The van der Waals surface area contributed by atoms with Crippen LogP contribution in [0.5, 0.6) is 0 Å². The average Bonchev–Trinajstić information content (AvgIpc) is 2.28. The van der Waals surface area contributed by atoms with Crippen molar-refractivity contribution in [3.05, 3.63) is 16.7 Å². The highest BCUT2D eigenvalue weighted by molar-refractivity contribution is 14.1. The van der Waals surface area contributed by atoms with Gasteiger partial charge >= 0.3 is 0 Å². The third-order valence-electron chi connectivity index (χ3n) is 0.998. The first-order valence-corrected chi connectivity index (χ1v) is 3.79. The van der Waals surface area contributed by atoms with Gasteiger partial charge in [0.2, 0.25) is 5.28 Å². The van der Waals surface area contributed by atoms with Gasteiger partial charge in [0.05, 0.1) is 22.9 Å². The van der Waals surface area contributed by atoms with Gasteiger partial charge in [0.25, 0.3) is 0 Å². The minimum absolute atomic E-state index is 0.0619. The lowest BCUT2D eigenvalue weighted by molar-refractivity contribution is 1.26. The summed E-state index contributed by atoms with van der Waals surface area (Å²) in [5.74, 6) is 0. The summed E-state index contributed by atoms with van der Waals surface area (Å²) < 4.78 is 1.33. The minimum atomic E-state index is 0.0619. The molecule has 0 aliphatic heterocycles. The SMILES string of the molecule is N#Cc1nc(Cl)n(I)c1C#N. The molecule has 0 amide bonds. The molecule has 54 valence electrons. The van der Waals surface area contributed by atoms with Crippen molar-refractivity contribution >= 4 is 34.5 Å². The summed E-state index contributed by atoms with van der Waals surface area (Å²) in [6, 6.07) is 3.59. The molecule has 4 nitrogen and oxygen atoms in total. The second-order valence-corrected chi connectivity index (χ2v) is 2.89. The van der Waals surface area contributed by atoms with Gasteiger partial charge in [-0.25, -0.2) is 7.76 Å². The molecule has 1 rings (SSSR count). The van der Waals surface area contributed by atoms with E-state index in [1.165, 1.54) is 2.78 Å². The maximum absolute atomic E-state index is 8.52. The van der Waals surface area contributed by atoms with Crippen LogP contribution >= 0.6 is 34.5 Å². The summed E-state index contributed by atoms with van der Waals surface area (Å²) in [6.07, 6.45) is 0. The lowest BCUT2D eigenvalue weighted by Gasteiger charge is -1.86. The zero-order chi connectivity index (χ0) is 8.43. The molecule has 11 heavy (non-hydrogen) atoms. The normalized spacial score (nSPS) is 8.73. The van der Waals surface area contributed by atoms with E-state index in [4.69, 9.17) is 22.1 Å². The standard InChI is InChI=1S/C5ClIN4/c6-5-10-3(1-8)4(2-9)11(5)7. The van der Waals surface area contributed by atoms with Crippen LogP contribution in [0.3, 0.4) is 0 Å². The maximum Gasteiger partial charge on any atom is 0.214 e. The lowest BCUT2D eigenvalue weighted by Crippen LogP contribution is -1.84. The summed E-state index contributed by atoms with van der Waals surface area (Å²) in [5.41, 5.74) is 0.241. The van der Waals surface area contributed by atoms with Crippen molar-refractivity contribution in [2.24, 2.45) is 0 Å². The molecule has 0 bridgehead atoms. The van der Waals surface area contributed by atoms with Crippen LogP contribution in [0.15, 0.2) is 0 Å². The second-order valence-electron chi connectivity index (χ2n) is 1.58. The van der Waals surface area contributed by atoms with Crippen LogP contribution < -0.4 is 0 Å². The number of hydrogen-bond donors (Lipinski definition) is 0. The summed E-state index contributed by atoms with van der Waals surface area (Å²) in [7, 11) is 0. The van der Waals surface area contributed by atoms with E-state index in [1.54, 1.807) is 28.9 Å². The number of imidazole rings is 1. The quantitative estimate of drug-likeness (QED) is 0.675. The Labute approximate surface area is 81.5 Å². The fourth-order valence-corrected chi connectivity index (χ4v) is 1.16. The Bertz CT molecular complexity index is 369. The van der Waals surface area contributed by atoms with Crippen molar-refractivity contribution in [1.29, 1.82) is 10.5 Å². The van der Waals surface area contributed by atoms with E-state index in [-0.39, 0.29) is 16.7 Å². The van der Waals surface area contributed by atoms with E-state index < -0.39 is 0 Å². The van der Waals surface area contributed by atoms with Crippen molar-refractivity contribution in [2.45, 2.75) is 0 Å². The van der Waals surface area contributed by atoms with Crippen molar-refractivity contribution in [2.75, 3.05) is 0 Å². The van der Waals surface area contributed by atoms with Crippen LogP contribution in [-0.4, -0.2) is 7.76 Å². The molecule has 0 aliphatic carbocycles. The van der Waals surface area contributed by atoms with E-state index in [0.29, 0.717) is 0 Å². The molecule has 1 aromatic heterocycles. The Kier molecular flexibility index (Phi) is 2.32. The predicted octanol–water partition coefficient (Wildman–Crippen LogP) is 1.48. The van der Waals surface area contributed by atoms with Crippen LogP contribution in [-0.2, 0) is 0 Å². The van der Waals surface area contributed by atoms with Crippen molar-refractivity contribution in [3.8, 4) is 12.1 Å². The van der Waals surface area contributed by atoms with E-state index >= 15 is 0 Å². The van der Waals surface area contributed by atoms with Gasteiger partial charge in [-0.15, -0.1) is 0 Å². The first-order chi connectivity index (χ1) is 5.20. The highest BCUT2D eigenvalue weighted by atomic mass is 127. The molecule has 0 aliphatic rings. The number of halogens is 2. The van der Waals surface area contributed by atoms with Gasteiger partial charge in [-0.2, -0.15) is 10.5 Å². The van der Waals surface area contributed by atoms with E-state index in [2.05, 4.69) is 4.98 Å². The van der Waals surface area contributed by atoms with Gasteiger partial charge < -0.3 is 0 Å². The van der Waals surface area contributed by atoms with Crippen LogP contribution in [0, 0.1) is 22.7 Å². The molecule has 0 radical (unpaired) electrons. The Morgan fingerprint density at radius 2 is 2.09 bits per heavy atom. The number of hydrogen-bond acceptors (Lipinski definition) is 3. The molecule has 6 heteroatoms. The molecule has 1 heterocycles. The average molecular weight is 278 g/mol. The topological polar surface area (TPSA) is 65.4 Å². The molecule has 0 saturated heterocycles. The third-order valence-corrected chi connectivity index (χ3v) is 2.48. The summed E-state index contributed by atoms with van der Waals surface area (Å²) in [4.78, 5) is 3.64. The van der Waals surface area contributed by atoms with Gasteiger partial charge in [0.15, 0.2) is 11.4 Å². The molecule has 0 unspecified atom stereocenters. The molecule has 1 aromatic rings. The van der Waals surface area contributed by atoms with Crippen molar-refractivity contribution in [1.82, 2.24) is 7.76 Å². The second kappa shape index (κ2) is 3.07. The minimum Gasteiger partial charge on any atom is -0.244 e. The Hall–Kier alpha value is -0.790. The number of aromatic nitrogens is 2. The summed E-state index contributed by atoms with van der Waals surface area (Å²) >= 11 is 7.33. The van der Waals surface area contributed by atoms with Crippen molar-refractivity contribution < 1.29 is 0 Å². The van der Waals surface area contributed by atoms with Gasteiger partial charge in [-0.1, -0.05) is 0 Å². The maximum atomic E-state index is 8.52. The van der Waals surface area contributed by atoms with Gasteiger partial charge in [0.1, 0.15) is 12.1 Å². The van der Waals surface area contributed by atoms with E-state index in [0.717, 1.165) is 0 Å². The molecular weight excluding hydrogens is 278 g/mol. The molecular formula is C5ClIN4. The van der Waals surface area contributed by atoms with Gasteiger partial charge in [-0.05, 0) is 11.6 Å². The predicted molar refractivity (Wildman–Crippen MR) is 46.1 cm³/mol. The smallest absolute Gasteiger partial charge is 0.214 e. The van der Waals surface area contributed by atoms with E-state index in [9.17, 15) is 0 Å². The summed E-state index contributed by atoms with van der Waals surface area (Å²) in [5, 5.41) is 17.1. The van der Waals surface area contributed by atoms with Gasteiger partial charge in [-0.3, -0.25) is 0 Å². The first kappa shape index (κ1) is 8.31. The molecule has 0 fully saturated rings. The largest absolute Gasteiger partial charge is 0.244 e. The molecule has 0 atom stereocenters. The van der Waals surface area contributed by atoms with Gasteiger partial charge in [0, 0.05) is 0 Å². The van der Waals surface area contributed by atoms with Crippen LogP contribution in [0.1, 0.15) is 11.4 Å². The number of nitriles is 2. The zero-order valence-corrected chi connectivity index (χ0v) is 7.96. The molecule has 0 N–H and O–H groups in total. The Balaban J connectivity index is 3.45. The third kappa shape index (κ3) is 1.30. The summed E-state index contributed by atoms with van der Waals surface area (Å²) in [6.45, 7) is 0. The number of rotatable bonds is 0. The zero-order valence-electron chi connectivity index (χ0n) is 5.04. The monoisotopic (exact) mass is 278 g/mol. The van der Waals surface area contributed by atoms with Crippen LogP contribution in [0.4, 0.5) is 0 Å². The lowest BCUT2D eigenvalue weighted by atomic mass is 10.4. The van der Waals surface area contributed by atoms with Crippen LogP contribution in [0.2, 0.25) is 5.28 Å². The molecule has 0 saturated carbocycles. The first-order valence-electron chi connectivity index (χ1n) is 2.45. The Morgan fingerprint density at radius 1 is 1.45 bits per heavy atom. The fraction of sp³-hybridized carbons (Fsp3) is 0. The molecule has 0 aromatic carbocycles. The Morgan fingerprint density at radius 3 is 2.45 bits per heavy atom. The van der Waals surface area contributed by atoms with E-state index in [1.807, 2.05) is 6.07 Å². The highest BCUT2D eigenvalue weighted by Gasteiger charge is 2.12. The van der Waals surface area contributed by atoms with Crippen molar-refractivity contribution in [3.63, 3.8) is 0 Å². The highest BCUT2D eigenvalue weighted by Crippen LogP contribution is 2.17. The molecule has 0 spiro atoms.